The largest absolute Gasteiger partial charge is 0.495 e. The molecule has 1 aromatic heterocycles. The van der Waals surface area contributed by atoms with Crippen molar-refractivity contribution in [2.75, 3.05) is 32.6 Å². The standard InChI is InChI=1S/C35H42N4O4/c1-6-22(2)8-7-9-23(3)24-10-11-30(41-4)29(16-24)38-33-27-17-32(31(42-5)18-28(27)36-21-37-33)43-26-12-14-39(15-13-26)34(40)35-19-25(35)20-35/h7-11,16-18,21-22,25-26H,6,12-15,19-20H2,1-5H3,(H,36,37,38)/b8-7-,23-9+. The number of benzene rings is 2. The van der Waals surface area contributed by atoms with Gasteiger partial charge >= 0.3 is 0 Å². The Morgan fingerprint density at radius 1 is 1.09 bits per heavy atom. The summed E-state index contributed by atoms with van der Waals surface area (Å²) in [5, 5.41) is 4.31. The van der Waals surface area contributed by atoms with Crippen LogP contribution in [0.5, 0.6) is 17.2 Å². The second-order valence-electron chi connectivity index (χ2n) is 12.3. The van der Waals surface area contributed by atoms with Crippen molar-refractivity contribution >= 4 is 33.9 Å². The van der Waals surface area contributed by atoms with Crippen LogP contribution < -0.4 is 19.5 Å². The van der Waals surface area contributed by atoms with Crippen molar-refractivity contribution in [2.45, 2.75) is 59.0 Å². The van der Waals surface area contributed by atoms with Crippen molar-refractivity contribution in [2.24, 2.45) is 17.3 Å². The van der Waals surface area contributed by atoms with E-state index in [-0.39, 0.29) is 11.5 Å². The average molecular weight is 583 g/mol. The maximum absolute atomic E-state index is 12.8. The molecule has 2 aliphatic carbocycles. The van der Waals surface area contributed by atoms with Crippen molar-refractivity contribution in [1.29, 1.82) is 0 Å². The van der Waals surface area contributed by atoms with Crippen molar-refractivity contribution in [3.8, 4) is 17.2 Å². The molecule has 1 atom stereocenters. The number of fused-ring (bicyclic) bond motifs is 2. The Bertz CT molecular complexity index is 1570. The lowest BCUT2D eigenvalue weighted by atomic mass is 10.0. The molecule has 226 valence electrons. The van der Waals surface area contributed by atoms with Crippen LogP contribution in [0.25, 0.3) is 16.5 Å². The predicted octanol–water partition coefficient (Wildman–Crippen LogP) is 7.18. The number of anilines is 2. The molecule has 8 nitrogen and oxygen atoms in total. The van der Waals surface area contributed by atoms with Gasteiger partial charge in [-0.05, 0) is 60.9 Å². The third kappa shape index (κ3) is 5.92. The number of rotatable bonds is 11. The van der Waals surface area contributed by atoms with Gasteiger partial charge in [-0.3, -0.25) is 4.79 Å². The van der Waals surface area contributed by atoms with Crippen molar-refractivity contribution in [3.63, 3.8) is 0 Å². The van der Waals surface area contributed by atoms with Crippen LogP contribution >= 0.6 is 0 Å². The summed E-state index contributed by atoms with van der Waals surface area (Å²) in [6.07, 6.45) is 13.0. The van der Waals surface area contributed by atoms with E-state index in [1.165, 1.54) is 0 Å². The summed E-state index contributed by atoms with van der Waals surface area (Å²) < 4.78 is 17.9. The number of amides is 1. The molecular formula is C35H42N4O4. The van der Waals surface area contributed by atoms with Crippen LogP contribution in [0.1, 0.15) is 58.4 Å². The fourth-order valence-corrected chi connectivity index (χ4v) is 5.94. The van der Waals surface area contributed by atoms with E-state index in [1.54, 1.807) is 20.5 Å². The normalized spacial score (nSPS) is 22.3. The molecule has 1 aliphatic heterocycles. The molecule has 3 fully saturated rings. The molecule has 1 saturated heterocycles. The zero-order valence-corrected chi connectivity index (χ0v) is 25.9. The molecule has 8 heteroatoms. The summed E-state index contributed by atoms with van der Waals surface area (Å²) in [5.74, 6) is 4.21. The minimum Gasteiger partial charge on any atom is -0.495 e. The first-order valence-electron chi connectivity index (χ1n) is 15.4. The van der Waals surface area contributed by atoms with Gasteiger partial charge in [0.05, 0.1) is 30.8 Å². The van der Waals surface area contributed by atoms with Gasteiger partial charge in [-0.1, -0.05) is 44.6 Å². The van der Waals surface area contributed by atoms with E-state index in [2.05, 4.69) is 66.4 Å². The third-order valence-corrected chi connectivity index (χ3v) is 9.39. The number of hydrogen-bond acceptors (Lipinski definition) is 7. The molecule has 3 aromatic rings. The van der Waals surface area contributed by atoms with Crippen LogP contribution in [0.4, 0.5) is 11.5 Å². The quantitative estimate of drug-likeness (QED) is 0.240. The number of allylic oxidation sites excluding steroid dienone is 4. The minimum atomic E-state index is 0.00374. The summed E-state index contributed by atoms with van der Waals surface area (Å²) in [7, 11) is 3.31. The maximum Gasteiger partial charge on any atom is 0.229 e. The van der Waals surface area contributed by atoms with Gasteiger partial charge in [-0.15, -0.1) is 0 Å². The number of nitrogens with one attached hydrogen (secondary N) is 1. The van der Waals surface area contributed by atoms with Crippen LogP contribution in [-0.4, -0.2) is 54.2 Å². The molecule has 1 unspecified atom stereocenters. The molecule has 6 rings (SSSR count). The van der Waals surface area contributed by atoms with Gasteiger partial charge in [0, 0.05) is 37.4 Å². The number of carbonyl (C=O) groups is 1. The van der Waals surface area contributed by atoms with Crippen LogP contribution in [0.3, 0.4) is 0 Å². The Kier molecular flexibility index (Phi) is 8.03. The van der Waals surface area contributed by atoms with E-state index >= 15 is 0 Å². The van der Waals surface area contributed by atoms with Gasteiger partial charge in [0.25, 0.3) is 0 Å². The highest BCUT2D eigenvalue weighted by Crippen LogP contribution is 2.76. The first-order chi connectivity index (χ1) is 20.8. The molecule has 1 N–H and O–H groups in total. The van der Waals surface area contributed by atoms with E-state index in [0.29, 0.717) is 40.8 Å². The summed E-state index contributed by atoms with van der Waals surface area (Å²) in [5.41, 5.74) is 3.82. The minimum absolute atomic E-state index is 0.00374. The Balaban J connectivity index is 1.22. The van der Waals surface area contributed by atoms with Gasteiger partial charge in [-0.2, -0.15) is 0 Å². The first kappa shape index (κ1) is 29.0. The summed E-state index contributed by atoms with van der Waals surface area (Å²) >= 11 is 0. The molecule has 0 spiro atoms. The lowest BCUT2D eigenvalue weighted by molar-refractivity contribution is -0.136. The Morgan fingerprint density at radius 3 is 2.51 bits per heavy atom. The van der Waals surface area contributed by atoms with Crippen LogP contribution in [0, 0.1) is 17.3 Å². The highest BCUT2D eigenvalue weighted by atomic mass is 16.5. The topological polar surface area (TPSA) is 85.8 Å². The number of methoxy groups -OCH3 is 2. The first-order valence-corrected chi connectivity index (χ1v) is 15.4. The molecule has 2 heterocycles. The number of ether oxygens (including phenoxy) is 3. The maximum atomic E-state index is 12.8. The summed E-state index contributed by atoms with van der Waals surface area (Å²) in [4.78, 5) is 24.0. The van der Waals surface area contributed by atoms with Gasteiger partial charge in [0.15, 0.2) is 11.5 Å². The number of nitrogens with zero attached hydrogens (tertiary/aromatic N) is 3. The Labute approximate surface area is 254 Å². The van der Waals surface area contributed by atoms with Gasteiger partial charge in [0.2, 0.25) is 5.91 Å². The van der Waals surface area contributed by atoms with Crippen molar-refractivity contribution in [3.05, 3.63) is 60.5 Å². The van der Waals surface area contributed by atoms with Gasteiger partial charge in [-0.25, -0.2) is 9.97 Å². The van der Waals surface area contributed by atoms with Crippen LogP contribution in [0.2, 0.25) is 0 Å². The fourth-order valence-electron chi connectivity index (χ4n) is 5.94. The number of carbonyl (C=O) groups excluding carboxylic acids is 1. The zero-order valence-electron chi connectivity index (χ0n) is 25.9. The third-order valence-electron chi connectivity index (χ3n) is 9.39. The lowest BCUT2D eigenvalue weighted by Crippen LogP contribution is -2.43. The SMILES string of the molecule is CCC(C)/C=C\C=C(/C)c1ccc(OC)c(Nc2ncnc3cc(OC)c(OC4CCN(C(=O)C56CC5C6)CC4)cc23)c1. The highest BCUT2D eigenvalue weighted by molar-refractivity contribution is 5.94. The van der Waals surface area contributed by atoms with E-state index in [1.807, 2.05) is 23.1 Å². The molecule has 1 amide bonds. The Morgan fingerprint density at radius 2 is 1.84 bits per heavy atom. The average Bonchev–Trinajstić information content (AvgIpc) is 3.92. The monoisotopic (exact) mass is 582 g/mol. The molecule has 0 radical (unpaired) electrons. The number of likely N-dealkylation sites (tertiary alicyclic amines) is 1. The van der Waals surface area contributed by atoms with Crippen molar-refractivity contribution in [1.82, 2.24) is 14.9 Å². The van der Waals surface area contributed by atoms with Gasteiger partial charge in [0.1, 0.15) is 24.0 Å². The Hall–Kier alpha value is -4.07. The molecule has 2 aromatic carbocycles. The van der Waals surface area contributed by atoms with Crippen LogP contribution in [0.15, 0.2) is 54.9 Å². The fraction of sp³-hybridized carbons (Fsp3) is 0.457. The highest BCUT2D eigenvalue weighted by Gasteiger charge is 2.75. The molecular weight excluding hydrogens is 540 g/mol. The smallest absolute Gasteiger partial charge is 0.229 e. The summed E-state index contributed by atoms with van der Waals surface area (Å²) in [6.45, 7) is 7.99. The van der Waals surface area contributed by atoms with Crippen LogP contribution in [-0.2, 0) is 4.79 Å². The second-order valence-corrected chi connectivity index (χ2v) is 12.3. The predicted molar refractivity (Wildman–Crippen MR) is 170 cm³/mol. The number of aromatic nitrogens is 2. The van der Waals surface area contributed by atoms with E-state index in [0.717, 1.165) is 72.9 Å². The molecule has 2 saturated carbocycles. The summed E-state index contributed by atoms with van der Waals surface area (Å²) in [6, 6.07) is 9.95. The van der Waals surface area contributed by atoms with E-state index < -0.39 is 0 Å². The van der Waals surface area contributed by atoms with Crippen molar-refractivity contribution < 1.29 is 19.0 Å². The van der Waals surface area contributed by atoms with Gasteiger partial charge < -0.3 is 24.4 Å². The molecule has 3 aliphatic rings. The number of piperidine rings is 1. The zero-order chi connectivity index (χ0) is 30.1. The van der Waals surface area contributed by atoms with E-state index in [9.17, 15) is 4.79 Å². The second kappa shape index (κ2) is 11.9. The number of hydrogen-bond donors (Lipinski definition) is 1. The molecule has 0 bridgehead atoms. The molecule has 43 heavy (non-hydrogen) atoms. The van der Waals surface area contributed by atoms with E-state index in [4.69, 9.17) is 14.2 Å². The lowest BCUT2D eigenvalue weighted by Gasteiger charge is -2.33.